The third-order valence-electron chi connectivity index (χ3n) is 2.94. The molecule has 1 aromatic carbocycles. The highest BCUT2D eigenvalue weighted by molar-refractivity contribution is 6.34. The molecule has 4 nitrogen and oxygen atoms in total. The van der Waals surface area contributed by atoms with Crippen LogP contribution in [0, 0.1) is 5.92 Å². The number of alkyl halides is 1. The summed E-state index contributed by atoms with van der Waals surface area (Å²) in [6, 6.07) is 7.27. The largest absolute Gasteiger partial charge is 0.495 e. The standard InChI is InChI=1S/C12H14ClNO3/c1-17-10-5-3-2-4-9(10)14-6-8(7-15)11(13)12(14)16/h2-5,8,11,15H,6-7H2,1H3/t8-,11+/m0/s1. The minimum absolute atomic E-state index is 0.0917. The van der Waals surface area contributed by atoms with E-state index in [2.05, 4.69) is 0 Å². The van der Waals surface area contributed by atoms with Gasteiger partial charge in [0.15, 0.2) is 0 Å². The van der Waals surface area contributed by atoms with Crippen molar-refractivity contribution < 1.29 is 14.6 Å². The number of carbonyl (C=O) groups excluding carboxylic acids is 1. The highest BCUT2D eigenvalue weighted by Crippen LogP contribution is 2.34. The van der Waals surface area contributed by atoms with Crippen LogP contribution in [-0.2, 0) is 4.79 Å². The Balaban J connectivity index is 2.32. The van der Waals surface area contributed by atoms with Crippen molar-refractivity contribution in [3.8, 4) is 5.75 Å². The second-order valence-corrected chi connectivity index (χ2v) is 4.44. The zero-order valence-electron chi connectivity index (χ0n) is 9.47. The highest BCUT2D eigenvalue weighted by Gasteiger charge is 2.40. The lowest BCUT2D eigenvalue weighted by molar-refractivity contribution is -0.117. The molecular weight excluding hydrogens is 242 g/mol. The Morgan fingerprint density at radius 3 is 2.82 bits per heavy atom. The maximum atomic E-state index is 12.0. The van der Waals surface area contributed by atoms with Crippen LogP contribution < -0.4 is 9.64 Å². The Hall–Kier alpha value is -1.26. The Morgan fingerprint density at radius 1 is 1.53 bits per heavy atom. The number of carbonyl (C=O) groups is 1. The van der Waals surface area contributed by atoms with Crippen molar-refractivity contribution in [2.24, 2.45) is 5.92 Å². The zero-order chi connectivity index (χ0) is 12.4. The molecule has 0 spiro atoms. The monoisotopic (exact) mass is 255 g/mol. The van der Waals surface area contributed by atoms with Crippen molar-refractivity contribution in [2.75, 3.05) is 25.2 Å². The molecular formula is C12H14ClNO3. The molecule has 0 saturated carbocycles. The molecule has 0 unspecified atom stereocenters. The van der Waals surface area contributed by atoms with Crippen LogP contribution in [0.1, 0.15) is 0 Å². The first-order valence-corrected chi connectivity index (χ1v) is 5.82. The molecule has 1 aromatic rings. The van der Waals surface area contributed by atoms with Gasteiger partial charge in [-0.3, -0.25) is 4.79 Å². The van der Waals surface area contributed by atoms with E-state index >= 15 is 0 Å². The average molecular weight is 256 g/mol. The molecule has 0 aromatic heterocycles. The molecule has 2 atom stereocenters. The van der Waals surface area contributed by atoms with Gasteiger partial charge in [0.25, 0.3) is 0 Å². The van der Waals surface area contributed by atoms with Crippen LogP contribution in [0.5, 0.6) is 5.75 Å². The summed E-state index contributed by atoms with van der Waals surface area (Å²) in [4.78, 5) is 13.5. The third kappa shape index (κ3) is 2.10. The second-order valence-electron chi connectivity index (χ2n) is 3.97. The number of nitrogens with zero attached hydrogens (tertiary/aromatic N) is 1. The number of anilines is 1. The van der Waals surface area contributed by atoms with E-state index < -0.39 is 5.38 Å². The van der Waals surface area contributed by atoms with E-state index in [1.807, 2.05) is 12.1 Å². The molecule has 1 heterocycles. The Labute approximate surface area is 105 Å². The number of methoxy groups -OCH3 is 1. The van der Waals surface area contributed by atoms with Gasteiger partial charge in [0, 0.05) is 19.1 Å². The summed E-state index contributed by atoms with van der Waals surface area (Å²) in [5.41, 5.74) is 0.696. The quantitative estimate of drug-likeness (QED) is 0.828. The first-order valence-electron chi connectivity index (χ1n) is 5.38. The number of para-hydroxylation sites is 2. The topological polar surface area (TPSA) is 49.8 Å². The fourth-order valence-electron chi connectivity index (χ4n) is 1.99. The average Bonchev–Trinajstić information content (AvgIpc) is 2.66. The molecule has 1 saturated heterocycles. The summed E-state index contributed by atoms with van der Waals surface area (Å²) in [7, 11) is 1.56. The minimum atomic E-state index is -0.662. The van der Waals surface area contributed by atoms with Gasteiger partial charge in [-0.2, -0.15) is 0 Å². The van der Waals surface area contributed by atoms with Crippen molar-refractivity contribution in [3.63, 3.8) is 0 Å². The minimum Gasteiger partial charge on any atom is -0.495 e. The summed E-state index contributed by atoms with van der Waals surface area (Å²) in [5.74, 6) is 0.215. The lowest BCUT2D eigenvalue weighted by Gasteiger charge is -2.19. The number of hydrogen-bond donors (Lipinski definition) is 1. The molecule has 1 amide bonds. The Kier molecular flexibility index (Phi) is 3.54. The molecule has 0 bridgehead atoms. The fraction of sp³-hybridized carbons (Fsp3) is 0.417. The van der Waals surface area contributed by atoms with Crippen LogP contribution in [-0.4, -0.2) is 36.7 Å². The molecule has 5 heteroatoms. The molecule has 1 fully saturated rings. The van der Waals surface area contributed by atoms with Crippen molar-refractivity contribution in [2.45, 2.75) is 5.38 Å². The molecule has 0 radical (unpaired) electrons. The van der Waals surface area contributed by atoms with E-state index in [0.717, 1.165) is 0 Å². The van der Waals surface area contributed by atoms with Gasteiger partial charge in [-0.25, -0.2) is 0 Å². The third-order valence-corrected chi connectivity index (χ3v) is 3.49. The van der Waals surface area contributed by atoms with Crippen LogP contribution in [0.25, 0.3) is 0 Å². The number of rotatable bonds is 3. The summed E-state index contributed by atoms with van der Waals surface area (Å²) < 4.78 is 5.21. The number of ether oxygens (including phenoxy) is 1. The highest BCUT2D eigenvalue weighted by atomic mass is 35.5. The molecule has 2 rings (SSSR count). The smallest absolute Gasteiger partial charge is 0.245 e. The van der Waals surface area contributed by atoms with E-state index in [1.54, 1.807) is 24.1 Å². The molecule has 92 valence electrons. The predicted molar refractivity (Wildman–Crippen MR) is 65.6 cm³/mol. The van der Waals surface area contributed by atoms with Crippen molar-refractivity contribution >= 4 is 23.2 Å². The summed E-state index contributed by atoms with van der Waals surface area (Å²) in [6.07, 6.45) is 0. The van der Waals surface area contributed by atoms with Gasteiger partial charge in [-0.15, -0.1) is 11.6 Å². The molecule has 0 aliphatic carbocycles. The maximum absolute atomic E-state index is 12.0. The zero-order valence-corrected chi connectivity index (χ0v) is 10.2. The fourth-order valence-corrected chi connectivity index (χ4v) is 2.26. The van der Waals surface area contributed by atoms with Crippen molar-refractivity contribution in [3.05, 3.63) is 24.3 Å². The second kappa shape index (κ2) is 4.94. The van der Waals surface area contributed by atoms with Gasteiger partial charge in [-0.1, -0.05) is 12.1 Å². The van der Waals surface area contributed by atoms with Gasteiger partial charge >= 0.3 is 0 Å². The van der Waals surface area contributed by atoms with Gasteiger partial charge < -0.3 is 14.7 Å². The van der Waals surface area contributed by atoms with E-state index in [9.17, 15) is 4.79 Å². The van der Waals surface area contributed by atoms with E-state index in [1.165, 1.54) is 0 Å². The van der Waals surface area contributed by atoms with Crippen molar-refractivity contribution in [1.82, 2.24) is 0 Å². The van der Waals surface area contributed by atoms with Gasteiger partial charge in [-0.05, 0) is 12.1 Å². The lowest BCUT2D eigenvalue weighted by Crippen LogP contribution is -2.27. The number of aliphatic hydroxyl groups excluding tert-OH is 1. The van der Waals surface area contributed by atoms with E-state index in [-0.39, 0.29) is 18.4 Å². The normalized spacial score (nSPS) is 24.2. The van der Waals surface area contributed by atoms with Gasteiger partial charge in [0.05, 0.1) is 12.8 Å². The number of benzene rings is 1. The molecule has 17 heavy (non-hydrogen) atoms. The predicted octanol–water partition coefficient (Wildman–Crippen LogP) is 1.26. The molecule has 1 aliphatic heterocycles. The van der Waals surface area contributed by atoms with Gasteiger partial charge in [0.1, 0.15) is 11.1 Å². The first-order chi connectivity index (χ1) is 8.19. The SMILES string of the molecule is COc1ccccc1N1C[C@@H](CO)[C@@H](Cl)C1=O. The Morgan fingerprint density at radius 2 is 2.24 bits per heavy atom. The van der Waals surface area contributed by atoms with Crippen LogP contribution in [0.4, 0.5) is 5.69 Å². The number of halogens is 1. The van der Waals surface area contributed by atoms with E-state index in [0.29, 0.717) is 18.0 Å². The van der Waals surface area contributed by atoms with Crippen LogP contribution in [0.2, 0.25) is 0 Å². The van der Waals surface area contributed by atoms with Crippen LogP contribution in [0.3, 0.4) is 0 Å². The first kappa shape index (κ1) is 12.2. The van der Waals surface area contributed by atoms with Crippen molar-refractivity contribution in [1.29, 1.82) is 0 Å². The summed E-state index contributed by atoms with van der Waals surface area (Å²) in [5, 5.41) is 8.49. The number of amides is 1. The lowest BCUT2D eigenvalue weighted by atomic mass is 10.1. The van der Waals surface area contributed by atoms with Gasteiger partial charge in [0.2, 0.25) is 5.91 Å². The van der Waals surface area contributed by atoms with Crippen LogP contribution in [0.15, 0.2) is 24.3 Å². The van der Waals surface area contributed by atoms with Crippen LogP contribution >= 0.6 is 11.6 Å². The number of aliphatic hydroxyl groups is 1. The number of hydrogen-bond acceptors (Lipinski definition) is 3. The molecule has 1 N–H and O–H groups in total. The Bertz CT molecular complexity index is 424. The maximum Gasteiger partial charge on any atom is 0.245 e. The van der Waals surface area contributed by atoms with E-state index in [4.69, 9.17) is 21.4 Å². The summed E-state index contributed by atoms with van der Waals surface area (Å²) in [6.45, 7) is 0.329. The summed E-state index contributed by atoms with van der Waals surface area (Å²) >= 11 is 5.98. The molecule has 1 aliphatic rings.